The third-order valence-corrected chi connectivity index (χ3v) is 9.91. The summed E-state index contributed by atoms with van der Waals surface area (Å²) >= 11 is 0. The van der Waals surface area contributed by atoms with Crippen LogP contribution in [0.5, 0.6) is 6.01 Å². The van der Waals surface area contributed by atoms with Gasteiger partial charge in [0.1, 0.15) is 11.3 Å². The molecule has 1 aliphatic carbocycles. The molecular formula is C38H37FN6O2. The molecule has 0 unspecified atom stereocenters. The molecule has 238 valence electrons. The van der Waals surface area contributed by atoms with Crippen LogP contribution in [0.15, 0.2) is 61.2 Å². The first-order valence-corrected chi connectivity index (χ1v) is 16.3. The zero-order valence-corrected chi connectivity index (χ0v) is 26.4. The van der Waals surface area contributed by atoms with Crippen LogP contribution in [0.3, 0.4) is 0 Å². The molecule has 1 saturated carbocycles. The molecule has 9 heteroatoms. The molecule has 3 aliphatic rings. The largest absolute Gasteiger partial charge is 0.463 e. The standard InChI is InChI=1S/C38H37FN6O2/c1-3-26-9-7-10-27-11-8-12-29(33(26)27)30-13-14-31-35(34(30)39)41-37(47-25-38(16-17-38)24-43-19-5-6-20-43)42-36(31)44-21-22-45(32(46)4-2)28(23-44)15-18-40/h1,4,7-14,28H,2,5-6,15-17,19-25H2/t28-/m0/s1. The maximum absolute atomic E-state index is 16.9. The maximum atomic E-state index is 16.9. The van der Waals surface area contributed by atoms with Crippen LogP contribution in [0, 0.1) is 34.9 Å². The smallest absolute Gasteiger partial charge is 0.319 e. The van der Waals surface area contributed by atoms with Crippen LogP contribution in [0.2, 0.25) is 0 Å². The van der Waals surface area contributed by atoms with Crippen LogP contribution >= 0.6 is 0 Å². The summed E-state index contributed by atoms with van der Waals surface area (Å²) in [6, 6.07) is 17.0. The maximum Gasteiger partial charge on any atom is 0.319 e. The summed E-state index contributed by atoms with van der Waals surface area (Å²) in [5.74, 6) is 2.58. The number of hydrogen-bond donors (Lipinski definition) is 0. The predicted octanol–water partition coefficient (Wildman–Crippen LogP) is 5.94. The summed E-state index contributed by atoms with van der Waals surface area (Å²) in [6.45, 7) is 8.50. The number of anilines is 1. The van der Waals surface area contributed by atoms with Crippen LogP contribution in [0.25, 0.3) is 32.8 Å². The molecule has 0 bridgehead atoms. The normalized spacial score (nSPS) is 19.0. The van der Waals surface area contributed by atoms with Crippen molar-refractivity contribution in [3.63, 3.8) is 0 Å². The Morgan fingerprint density at radius 2 is 1.87 bits per heavy atom. The first kappa shape index (κ1) is 30.7. The van der Waals surface area contributed by atoms with Crippen molar-refractivity contribution in [1.29, 1.82) is 5.26 Å². The summed E-state index contributed by atoms with van der Waals surface area (Å²) in [5, 5.41) is 11.8. The van der Waals surface area contributed by atoms with Gasteiger partial charge in [0.25, 0.3) is 0 Å². The van der Waals surface area contributed by atoms with Gasteiger partial charge in [-0.15, -0.1) is 6.42 Å². The zero-order valence-electron chi connectivity index (χ0n) is 26.4. The van der Waals surface area contributed by atoms with E-state index in [1.54, 1.807) is 11.0 Å². The lowest BCUT2D eigenvalue weighted by atomic mass is 9.94. The highest BCUT2D eigenvalue weighted by Gasteiger charge is 2.45. The highest BCUT2D eigenvalue weighted by atomic mass is 19.1. The average Bonchev–Trinajstić information content (AvgIpc) is 3.67. The molecular weight excluding hydrogens is 591 g/mol. The number of benzene rings is 3. The van der Waals surface area contributed by atoms with Crippen molar-refractivity contribution in [2.75, 3.05) is 50.8 Å². The molecule has 1 atom stereocenters. The molecule has 0 N–H and O–H groups in total. The van der Waals surface area contributed by atoms with Gasteiger partial charge in [-0.05, 0) is 67.9 Å². The van der Waals surface area contributed by atoms with E-state index in [0.717, 1.165) is 43.2 Å². The first-order valence-electron chi connectivity index (χ1n) is 16.3. The van der Waals surface area contributed by atoms with Gasteiger partial charge in [-0.3, -0.25) is 4.79 Å². The lowest BCUT2D eigenvalue weighted by Crippen LogP contribution is -2.55. The molecule has 3 heterocycles. The number of terminal acetylenes is 1. The Morgan fingerprint density at radius 1 is 1.09 bits per heavy atom. The molecule has 4 aromatic rings. The van der Waals surface area contributed by atoms with E-state index in [1.165, 1.54) is 18.9 Å². The minimum absolute atomic E-state index is 0.0619. The SMILES string of the molecule is C#Cc1cccc2cccc(-c3ccc4c(N5CCN(C(=O)C=C)[C@@H](CC#N)C5)nc(OCC5(CN6CCCC6)CC5)nc4c3F)c12. The minimum atomic E-state index is -0.484. The number of rotatable bonds is 9. The van der Waals surface area contributed by atoms with Crippen LogP contribution in [-0.2, 0) is 4.79 Å². The lowest BCUT2D eigenvalue weighted by molar-refractivity contribution is -0.128. The molecule has 0 spiro atoms. The van der Waals surface area contributed by atoms with Gasteiger partial charge in [0.15, 0.2) is 5.82 Å². The lowest BCUT2D eigenvalue weighted by Gasteiger charge is -2.41. The number of aromatic nitrogens is 2. The van der Waals surface area contributed by atoms with Gasteiger partial charge in [0.05, 0.1) is 25.1 Å². The number of carbonyl (C=O) groups is 1. The summed E-state index contributed by atoms with van der Waals surface area (Å²) in [4.78, 5) is 28.3. The predicted molar refractivity (Wildman–Crippen MR) is 181 cm³/mol. The number of piperazine rings is 1. The van der Waals surface area contributed by atoms with Crippen LogP contribution < -0.4 is 9.64 Å². The quantitative estimate of drug-likeness (QED) is 0.168. The molecule has 0 radical (unpaired) electrons. The number of halogens is 1. The van der Waals surface area contributed by atoms with Gasteiger partial charge >= 0.3 is 6.01 Å². The minimum Gasteiger partial charge on any atom is -0.463 e. The van der Waals surface area contributed by atoms with Gasteiger partial charge in [-0.2, -0.15) is 15.2 Å². The Hall–Kier alpha value is -4.99. The van der Waals surface area contributed by atoms with Crippen molar-refractivity contribution in [2.45, 2.75) is 38.1 Å². The number of fused-ring (bicyclic) bond motifs is 2. The van der Waals surface area contributed by atoms with Gasteiger partial charge < -0.3 is 19.4 Å². The van der Waals surface area contributed by atoms with E-state index < -0.39 is 5.82 Å². The van der Waals surface area contributed by atoms with Crippen molar-refractivity contribution in [3.05, 3.63) is 72.6 Å². The van der Waals surface area contributed by atoms with Crippen molar-refractivity contribution in [3.8, 4) is 35.6 Å². The van der Waals surface area contributed by atoms with Crippen molar-refractivity contribution >= 4 is 33.4 Å². The summed E-state index contributed by atoms with van der Waals surface area (Å²) in [7, 11) is 0. The van der Waals surface area contributed by atoms with Crippen LogP contribution in [-0.4, -0.2) is 77.6 Å². The van der Waals surface area contributed by atoms with Gasteiger partial charge in [0, 0.05) is 53.5 Å². The molecule has 7 rings (SSSR count). The Kier molecular flexibility index (Phi) is 8.26. The van der Waals surface area contributed by atoms with Crippen molar-refractivity contribution < 1.29 is 13.9 Å². The van der Waals surface area contributed by atoms with Gasteiger partial charge in [-0.25, -0.2) is 4.39 Å². The fraction of sp³-hybridized carbons (Fsp3) is 0.368. The Bertz CT molecular complexity index is 1950. The van der Waals surface area contributed by atoms with E-state index in [0.29, 0.717) is 54.1 Å². The fourth-order valence-corrected chi connectivity index (χ4v) is 7.22. The molecule has 47 heavy (non-hydrogen) atoms. The highest BCUT2D eigenvalue weighted by molar-refractivity contribution is 6.03. The molecule has 1 amide bonds. The number of hydrogen-bond acceptors (Lipinski definition) is 7. The number of nitrogens with zero attached hydrogens (tertiary/aromatic N) is 6. The average molecular weight is 629 g/mol. The Morgan fingerprint density at radius 3 is 2.60 bits per heavy atom. The second-order valence-corrected chi connectivity index (χ2v) is 13.0. The molecule has 1 aromatic heterocycles. The third kappa shape index (κ3) is 5.88. The zero-order chi connectivity index (χ0) is 32.5. The number of likely N-dealkylation sites (tertiary alicyclic amines) is 1. The van der Waals surface area contributed by atoms with Gasteiger partial charge in [-0.1, -0.05) is 48.9 Å². The van der Waals surface area contributed by atoms with E-state index in [-0.39, 0.29) is 35.3 Å². The highest BCUT2D eigenvalue weighted by Crippen LogP contribution is 2.47. The summed E-state index contributed by atoms with van der Waals surface area (Å²) < 4.78 is 23.2. The number of amides is 1. The van der Waals surface area contributed by atoms with Gasteiger partial charge in [0.2, 0.25) is 5.91 Å². The topological polar surface area (TPSA) is 85.6 Å². The van der Waals surface area contributed by atoms with E-state index in [1.807, 2.05) is 47.4 Å². The van der Waals surface area contributed by atoms with Crippen LogP contribution in [0.1, 0.15) is 37.7 Å². The number of ether oxygens (including phenoxy) is 1. The Balaban J connectivity index is 1.31. The first-order chi connectivity index (χ1) is 22.9. The molecule has 2 saturated heterocycles. The molecule has 3 aromatic carbocycles. The molecule has 2 aliphatic heterocycles. The van der Waals surface area contributed by atoms with Crippen LogP contribution in [0.4, 0.5) is 10.2 Å². The molecule has 8 nitrogen and oxygen atoms in total. The third-order valence-electron chi connectivity index (χ3n) is 9.91. The van der Waals surface area contributed by atoms with E-state index in [2.05, 4.69) is 23.5 Å². The van der Waals surface area contributed by atoms with Crippen molar-refractivity contribution in [1.82, 2.24) is 19.8 Å². The summed E-state index contributed by atoms with van der Waals surface area (Å²) in [6.07, 6.45) is 11.9. The van der Waals surface area contributed by atoms with E-state index in [4.69, 9.17) is 21.1 Å². The monoisotopic (exact) mass is 628 g/mol. The summed E-state index contributed by atoms with van der Waals surface area (Å²) in [5.41, 5.74) is 1.98. The number of nitriles is 1. The van der Waals surface area contributed by atoms with E-state index in [9.17, 15) is 10.1 Å². The number of carbonyl (C=O) groups excluding carboxylic acids is 1. The second kappa shape index (κ2) is 12.7. The van der Waals surface area contributed by atoms with Crippen molar-refractivity contribution in [2.24, 2.45) is 5.41 Å². The Labute approximate surface area is 274 Å². The molecule has 3 fully saturated rings. The van der Waals surface area contributed by atoms with E-state index >= 15 is 4.39 Å². The second-order valence-electron chi connectivity index (χ2n) is 13.0. The fourth-order valence-electron chi connectivity index (χ4n) is 7.22.